The van der Waals surface area contributed by atoms with Gasteiger partial charge in [-0.2, -0.15) is 0 Å². The van der Waals surface area contributed by atoms with Gasteiger partial charge in [0.05, 0.1) is 37.6 Å². The molecular weight excluding hydrogens is 426 g/mol. The fraction of sp³-hybridized carbons (Fsp3) is 0.167. The van der Waals surface area contributed by atoms with Gasteiger partial charge in [0, 0.05) is 5.69 Å². The molecule has 0 radical (unpaired) electrons. The number of hydrogen-bond donors (Lipinski definition) is 1. The zero-order valence-electron chi connectivity index (χ0n) is 17.8. The van der Waals surface area contributed by atoms with Gasteiger partial charge in [0.2, 0.25) is 5.91 Å². The number of urea groups is 1. The first-order chi connectivity index (χ1) is 16.0. The molecule has 2 aromatic carbocycles. The van der Waals surface area contributed by atoms with Gasteiger partial charge >= 0.3 is 12.0 Å². The van der Waals surface area contributed by atoms with Gasteiger partial charge in [-0.25, -0.2) is 14.5 Å². The van der Waals surface area contributed by atoms with Crippen LogP contribution in [0.3, 0.4) is 0 Å². The van der Waals surface area contributed by atoms with Crippen molar-refractivity contribution in [3.05, 3.63) is 84.3 Å². The van der Waals surface area contributed by atoms with Crippen LogP contribution in [0.15, 0.2) is 77.4 Å². The monoisotopic (exact) mass is 447 g/mol. The summed E-state index contributed by atoms with van der Waals surface area (Å²) in [5.41, 5.74) is 1.22. The normalized spacial score (nSPS) is 15.6. The van der Waals surface area contributed by atoms with Crippen molar-refractivity contribution in [3.8, 4) is 0 Å². The number of methoxy groups -OCH3 is 1. The van der Waals surface area contributed by atoms with Crippen molar-refractivity contribution in [1.82, 2.24) is 4.90 Å². The second-order valence-electron chi connectivity index (χ2n) is 7.34. The number of imide groups is 1. The molecule has 0 spiro atoms. The van der Waals surface area contributed by atoms with Gasteiger partial charge in [0.25, 0.3) is 5.91 Å². The lowest BCUT2D eigenvalue weighted by Gasteiger charge is -2.20. The Morgan fingerprint density at radius 2 is 1.73 bits per heavy atom. The number of benzene rings is 2. The Hall–Kier alpha value is -4.40. The summed E-state index contributed by atoms with van der Waals surface area (Å²) >= 11 is 0. The van der Waals surface area contributed by atoms with Crippen molar-refractivity contribution in [1.29, 1.82) is 0 Å². The van der Waals surface area contributed by atoms with Gasteiger partial charge in [-0.3, -0.25) is 9.59 Å². The predicted octanol–water partition coefficient (Wildman–Crippen LogP) is 3.43. The lowest BCUT2D eigenvalue weighted by atomic mass is 10.1. The highest BCUT2D eigenvalue weighted by molar-refractivity contribution is 6.22. The van der Waals surface area contributed by atoms with E-state index in [0.717, 1.165) is 4.90 Å². The van der Waals surface area contributed by atoms with Crippen molar-refractivity contribution >= 4 is 35.2 Å². The molecule has 1 aliphatic rings. The number of rotatable bonds is 7. The highest BCUT2D eigenvalue weighted by Crippen LogP contribution is 2.28. The van der Waals surface area contributed by atoms with Crippen molar-refractivity contribution in [3.63, 3.8) is 0 Å². The third kappa shape index (κ3) is 4.62. The molecule has 9 nitrogen and oxygen atoms in total. The average molecular weight is 447 g/mol. The Labute approximate surface area is 189 Å². The Balaban J connectivity index is 1.52. The Bertz CT molecular complexity index is 1160. The maximum atomic E-state index is 13.2. The zero-order valence-corrected chi connectivity index (χ0v) is 17.8. The predicted molar refractivity (Wildman–Crippen MR) is 118 cm³/mol. The molecular formula is C24H21N3O6. The number of para-hydroxylation sites is 1. The summed E-state index contributed by atoms with van der Waals surface area (Å²) < 4.78 is 10.0. The molecule has 1 fully saturated rings. The summed E-state index contributed by atoms with van der Waals surface area (Å²) in [5.74, 6) is -0.937. The number of nitrogens with zero attached hydrogens (tertiary/aromatic N) is 2. The van der Waals surface area contributed by atoms with E-state index in [9.17, 15) is 19.2 Å². The van der Waals surface area contributed by atoms with E-state index in [4.69, 9.17) is 4.42 Å². The Morgan fingerprint density at radius 3 is 2.36 bits per heavy atom. The van der Waals surface area contributed by atoms with E-state index in [1.165, 1.54) is 30.4 Å². The molecule has 0 saturated carbocycles. The minimum Gasteiger partial charge on any atom is -0.467 e. The van der Waals surface area contributed by atoms with Crippen LogP contribution >= 0.6 is 0 Å². The van der Waals surface area contributed by atoms with Crippen molar-refractivity contribution < 1.29 is 28.3 Å². The van der Waals surface area contributed by atoms with Gasteiger partial charge in [-0.1, -0.05) is 18.2 Å². The lowest BCUT2D eigenvalue weighted by Crippen LogP contribution is -2.37. The van der Waals surface area contributed by atoms with E-state index in [1.54, 1.807) is 54.6 Å². The van der Waals surface area contributed by atoms with E-state index in [1.807, 2.05) is 0 Å². The maximum Gasteiger partial charge on any atom is 0.337 e. The summed E-state index contributed by atoms with van der Waals surface area (Å²) in [6.45, 7) is 0.0483. The molecule has 4 amide bonds. The van der Waals surface area contributed by atoms with Crippen molar-refractivity contribution in [2.45, 2.75) is 19.0 Å². The summed E-state index contributed by atoms with van der Waals surface area (Å²) in [5, 5.41) is 2.70. The lowest BCUT2D eigenvalue weighted by molar-refractivity contribution is -0.124. The minimum absolute atomic E-state index is 0.0483. The molecule has 0 bridgehead atoms. The zero-order chi connectivity index (χ0) is 23.4. The van der Waals surface area contributed by atoms with Gasteiger partial charge in [-0.15, -0.1) is 0 Å². The molecule has 0 unspecified atom stereocenters. The number of furan rings is 1. The van der Waals surface area contributed by atoms with Crippen LogP contribution in [0.4, 0.5) is 16.2 Å². The van der Waals surface area contributed by atoms with Gasteiger partial charge < -0.3 is 19.4 Å². The summed E-state index contributed by atoms with van der Waals surface area (Å²) in [6, 6.07) is 16.6. The second kappa shape index (κ2) is 9.39. The molecule has 3 aromatic rings. The van der Waals surface area contributed by atoms with Gasteiger partial charge in [-0.05, 0) is 48.5 Å². The Kier molecular flexibility index (Phi) is 6.21. The SMILES string of the molecule is COC(=O)c1ccc(NC(=O)C[C@H]2C(=O)N(c3ccccc3)C(=O)N2Cc2ccco2)cc1. The number of anilines is 2. The molecule has 4 rings (SSSR count). The molecule has 1 N–H and O–H groups in total. The van der Waals surface area contributed by atoms with E-state index in [0.29, 0.717) is 22.7 Å². The fourth-order valence-electron chi connectivity index (χ4n) is 3.59. The van der Waals surface area contributed by atoms with Crippen molar-refractivity contribution in [2.75, 3.05) is 17.3 Å². The average Bonchev–Trinajstić information content (AvgIpc) is 3.42. The van der Waals surface area contributed by atoms with Crippen LogP contribution in [-0.2, 0) is 20.9 Å². The van der Waals surface area contributed by atoms with Gasteiger partial charge in [0.15, 0.2) is 0 Å². The highest BCUT2D eigenvalue weighted by atomic mass is 16.5. The van der Waals surface area contributed by atoms with Crippen LogP contribution in [0, 0.1) is 0 Å². The molecule has 1 aliphatic heterocycles. The maximum absolute atomic E-state index is 13.2. The quantitative estimate of drug-likeness (QED) is 0.439. The van der Waals surface area contributed by atoms with Crippen LogP contribution in [0.1, 0.15) is 22.5 Å². The molecule has 2 heterocycles. The molecule has 33 heavy (non-hydrogen) atoms. The number of hydrogen-bond acceptors (Lipinski definition) is 6. The van der Waals surface area contributed by atoms with E-state index in [-0.39, 0.29) is 13.0 Å². The van der Waals surface area contributed by atoms with Crippen LogP contribution in [0.5, 0.6) is 0 Å². The minimum atomic E-state index is -1.00. The number of amides is 4. The van der Waals surface area contributed by atoms with Gasteiger partial charge in [0.1, 0.15) is 11.8 Å². The van der Waals surface area contributed by atoms with Crippen molar-refractivity contribution in [2.24, 2.45) is 0 Å². The largest absolute Gasteiger partial charge is 0.467 e. The summed E-state index contributed by atoms with van der Waals surface area (Å²) in [4.78, 5) is 53.1. The molecule has 168 valence electrons. The molecule has 1 aromatic heterocycles. The van der Waals surface area contributed by atoms with Crippen LogP contribution in [-0.4, -0.2) is 41.9 Å². The fourth-order valence-corrected chi connectivity index (χ4v) is 3.59. The first kappa shape index (κ1) is 21.8. The second-order valence-corrected chi connectivity index (χ2v) is 7.34. The van der Waals surface area contributed by atoms with E-state index < -0.39 is 29.9 Å². The highest BCUT2D eigenvalue weighted by Gasteiger charge is 2.46. The van der Waals surface area contributed by atoms with Crippen LogP contribution < -0.4 is 10.2 Å². The molecule has 1 atom stereocenters. The first-order valence-corrected chi connectivity index (χ1v) is 10.2. The number of ether oxygens (including phenoxy) is 1. The topological polar surface area (TPSA) is 109 Å². The molecule has 0 aliphatic carbocycles. The number of carbonyl (C=O) groups is 4. The van der Waals surface area contributed by atoms with E-state index in [2.05, 4.69) is 10.1 Å². The van der Waals surface area contributed by atoms with Crippen LogP contribution in [0.2, 0.25) is 0 Å². The smallest absolute Gasteiger partial charge is 0.337 e. The molecule has 9 heteroatoms. The third-order valence-electron chi connectivity index (χ3n) is 5.21. The standard InChI is InChI=1S/C24H21N3O6/c1-32-23(30)16-9-11-17(12-10-16)25-21(28)14-20-22(29)27(18-6-3-2-4-7-18)24(31)26(20)15-19-8-5-13-33-19/h2-13,20H,14-15H2,1H3,(H,25,28)/t20-/m0/s1. The first-order valence-electron chi connectivity index (χ1n) is 10.2. The van der Waals surface area contributed by atoms with Crippen LogP contribution in [0.25, 0.3) is 0 Å². The summed E-state index contributed by atoms with van der Waals surface area (Å²) in [7, 11) is 1.28. The Morgan fingerprint density at radius 1 is 1.00 bits per heavy atom. The van der Waals surface area contributed by atoms with E-state index >= 15 is 0 Å². The summed E-state index contributed by atoms with van der Waals surface area (Å²) in [6.07, 6.45) is 1.24. The molecule has 1 saturated heterocycles. The number of nitrogens with one attached hydrogen (secondary N) is 1. The number of carbonyl (C=O) groups excluding carboxylic acids is 4. The third-order valence-corrected chi connectivity index (χ3v) is 5.21. The number of esters is 1.